The van der Waals surface area contributed by atoms with Gasteiger partial charge in [0, 0.05) is 20.4 Å². The minimum Gasteiger partial charge on any atom is -0.354 e. The van der Waals surface area contributed by atoms with Crippen molar-refractivity contribution in [3.8, 4) is 0 Å². The summed E-state index contributed by atoms with van der Waals surface area (Å²) in [5, 5.41) is 0. The third-order valence-electron chi connectivity index (χ3n) is 1.09. The molecular weight excluding hydrogens is 142 g/mol. The molecule has 0 rings (SSSR count). The zero-order valence-corrected chi connectivity index (χ0v) is 7.33. The Balaban J connectivity index is 3.57. The van der Waals surface area contributed by atoms with Crippen LogP contribution in [0.3, 0.4) is 0 Å². The molecule has 0 spiro atoms. The molecule has 0 aromatic heterocycles. The van der Waals surface area contributed by atoms with Crippen LogP contribution in [0, 0.1) is 0 Å². The van der Waals surface area contributed by atoms with Gasteiger partial charge in [-0.25, -0.2) is 0 Å². The summed E-state index contributed by atoms with van der Waals surface area (Å²) in [6.45, 7) is 6.07. The van der Waals surface area contributed by atoms with Crippen molar-refractivity contribution in [1.82, 2.24) is 0 Å². The number of ether oxygens (including phenoxy) is 2. The molecule has 0 atom stereocenters. The summed E-state index contributed by atoms with van der Waals surface area (Å²) in [7, 11) is 3.18. The SMILES string of the molecule is C=C(C)C=NCC(OC)OC. The average molecular weight is 157 g/mol. The number of nitrogens with zero attached hydrogens (tertiary/aromatic N) is 1. The van der Waals surface area contributed by atoms with Gasteiger partial charge in [0.05, 0.1) is 6.54 Å². The summed E-state index contributed by atoms with van der Waals surface area (Å²) in [5.41, 5.74) is 0.927. The van der Waals surface area contributed by atoms with Gasteiger partial charge in [0.25, 0.3) is 0 Å². The molecule has 0 aliphatic rings. The molecule has 3 heteroatoms. The van der Waals surface area contributed by atoms with Crippen LogP contribution in [0.15, 0.2) is 17.1 Å². The summed E-state index contributed by atoms with van der Waals surface area (Å²) in [6.07, 6.45) is 1.45. The lowest BCUT2D eigenvalue weighted by atomic mass is 10.4. The van der Waals surface area contributed by atoms with Crippen LogP contribution in [0.2, 0.25) is 0 Å². The van der Waals surface area contributed by atoms with Gasteiger partial charge in [0.1, 0.15) is 0 Å². The molecule has 64 valence electrons. The fourth-order valence-corrected chi connectivity index (χ4v) is 0.540. The van der Waals surface area contributed by atoms with E-state index in [1.807, 2.05) is 6.92 Å². The summed E-state index contributed by atoms with van der Waals surface area (Å²) >= 11 is 0. The molecule has 0 aliphatic carbocycles. The van der Waals surface area contributed by atoms with Crippen molar-refractivity contribution < 1.29 is 9.47 Å². The van der Waals surface area contributed by atoms with E-state index < -0.39 is 0 Å². The molecule has 0 amide bonds. The van der Waals surface area contributed by atoms with Crippen molar-refractivity contribution >= 4 is 6.21 Å². The minimum absolute atomic E-state index is 0.245. The predicted octanol–water partition coefficient (Wildman–Crippen LogP) is 1.25. The summed E-state index contributed by atoms with van der Waals surface area (Å²) in [4.78, 5) is 4.04. The first kappa shape index (κ1) is 10.3. The number of hydrogen-bond acceptors (Lipinski definition) is 3. The van der Waals surface area contributed by atoms with Crippen molar-refractivity contribution in [1.29, 1.82) is 0 Å². The van der Waals surface area contributed by atoms with Gasteiger partial charge in [-0.2, -0.15) is 0 Å². The number of methoxy groups -OCH3 is 2. The molecule has 0 unspecified atom stereocenters. The highest BCUT2D eigenvalue weighted by Gasteiger charge is 2.00. The van der Waals surface area contributed by atoms with Crippen molar-refractivity contribution in [3.05, 3.63) is 12.2 Å². The first-order chi connectivity index (χ1) is 5.20. The molecule has 3 nitrogen and oxygen atoms in total. The first-order valence-corrected chi connectivity index (χ1v) is 3.41. The maximum absolute atomic E-state index is 4.92. The Hall–Kier alpha value is -0.670. The maximum Gasteiger partial charge on any atom is 0.176 e. The van der Waals surface area contributed by atoms with Crippen molar-refractivity contribution in [2.45, 2.75) is 13.2 Å². The Kier molecular flexibility index (Phi) is 5.70. The van der Waals surface area contributed by atoms with Crippen molar-refractivity contribution in [2.75, 3.05) is 20.8 Å². The molecular formula is C8H15NO2. The highest BCUT2D eigenvalue weighted by Crippen LogP contribution is 1.91. The first-order valence-electron chi connectivity index (χ1n) is 3.41. The monoisotopic (exact) mass is 157 g/mol. The lowest BCUT2D eigenvalue weighted by molar-refractivity contribution is -0.0936. The van der Waals surface area contributed by atoms with Crippen LogP contribution < -0.4 is 0 Å². The quantitative estimate of drug-likeness (QED) is 0.444. The largest absolute Gasteiger partial charge is 0.354 e. The Labute approximate surface area is 67.7 Å². The number of allylic oxidation sites excluding steroid dienone is 1. The molecule has 0 aromatic rings. The summed E-state index contributed by atoms with van der Waals surface area (Å²) < 4.78 is 9.83. The molecule has 0 fully saturated rings. The molecule has 0 saturated carbocycles. The van der Waals surface area contributed by atoms with E-state index in [2.05, 4.69) is 11.6 Å². The topological polar surface area (TPSA) is 30.8 Å². The van der Waals surface area contributed by atoms with Gasteiger partial charge in [-0.15, -0.1) is 0 Å². The average Bonchev–Trinajstić information content (AvgIpc) is 1.98. The third kappa shape index (κ3) is 5.76. The number of aliphatic imine (C=N–C) groups is 1. The highest BCUT2D eigenvalue weighted by atomic mass is 16.7. The van der Waals surface area contributed by atoms with Crippen LogP contribution in [0.1, 0.15) is 6.92 Å². The van der Waals surface area contributed by atoms with Gasteiger partial charge in [0.2, 0.25) is 0 Å². The van der Waals surface area contributed by atoms with Gasteiger partial charge in [-0.3, -0.25) is 4.99 Å². The molecule has 11 heavy (non-hydrogen) atoms. The van der Waals surface area contributed by atoms with Crippen molar-refractivity contribution in [3.63, 3.8) is 0 Å². The zero-order chi connectivity index (χ0) is 8.69. The molecule has 0 aromatic carbocycles. The van der Waals surface area contributed by atoms with Gasteiger partial charge >= 0.3 is 0 Å². The van der Waals surface area contributed by atoms with E-state index in [9.17, 15) is 0 Å². The lowest BCUT2D eigenvalue weighted by Crippen LogP contribution is -2.16. The molecule has 0 saturated heterocycles. The van der Waals surface area contributed by atoms with Gasteiger partial charge in [-0.05, 0) is 12.5 Å². The normalized spacial score (nSPS) is 11.3. The van der Waals surface area contributed by atoms with E-state index in [1.54, 1.807) is 20.4 Å². The Bertz CT molecular complexity index is 139. The summed E-state index contributed by atoms with van der Waals surface area (Å²) in [5.74, 6) is 0. The van der Waals surface area contributed by atoms with Crippen LogP contribution in [0.5, 0.6) is 0 Å². The second-order valence-electron chi connectivity index (χ2n) is 2.24. The van der Waals surface area contributed by atoms with E-state index in [-0.39, 0.29) is 6.29 Å². The van der Waals surface area contributed by atoms with Crippen molar-refractivity contribution in [2.24, 2.45) is 4.99 Å². The van der Waals surface area contributed by atoms with Crippen LogP contribution in [0.25, 0.3) is 0 Å². The molecule has 0 radical (unpaired) electrons. The third-order valence-corrected chi connectivity index (χ3v) is 1.09. The van der Waals surface area contributed by atoms with E-state index in [0.29, 0.717) is 6.54 Å². The standard InChI is InChI=1S/C8H15NO2/c1-7(2)5-9-6-8(10-3)11-4/h5,8H,1,6H2,2-4H3. The molecule has 0 N–H and O–H groups in total. The van der Waals surface area contributed by atoms with Gasteiger partial charge < -0.3 is 9.47 Å². The second kappa shape index (κ2) is 6.07. The predicted molar refractivity (Wildman–Crippen MR) is 46.0 cm³/mol. The smallest absolute Gasteiger partial charge is 0.176 e. The Morgan fingerprint density at radius 1 is 1.55 bits per heavy atom. The molecule has 0 heterocycles. The lowest BCUT2D eigenvalue weighted by Gasteiger charge is -2.09. The van der Waals surface area contributed by atoms with E-state index >= 15 is 0 Å². The number of hydrogen-bond donors (Lipinski definition) is 0. The summed E-state index contributed by atoms with van der Waals surface area (Å²) in [6, 6.07) is 0. The van der Waals surface area contributed by atoms with E-state index in [1.165, 1.54) is 0 Å². The fraction of sp³-hybridized carbons (Fsp3) is 0.625. The maximum atomic E-state index is 4.92. The van der Waals surface area contributed by atoms with E-state index in [4.69, 9.17) is 9.47 Å². The van der Waals surface area contributed by atoms with E-state index in [0.717, 1.165) is 5.57 Å². The zero-order valence-electron chi connectivity index (χ0n) is 7.33. The van der Waals surface area contributed by atoms with Gasteiger partial charge in [0.15, 0.2) is 6.29 Å². The molecule has 0 aliphatic heterocycles. The second-order valence-corrected chi connectivity index (χ2v) is 2.24. The highest BCUT2D eigenvalue weighted by molar-refractivity contribution is 5.76. The van der Waals surface area contributed by atoms with Crippen LogP contribution in [0.4, 0.5) is 0 Å². The Morgan fingerprint density at radius 2 is 2.09 bits per heavy atom. The minimum atomic E-state index is -0.245. The van der Waals surface area contributed by atoms with Crippen LogP contribution >= 0.6 is 0 Å². The van der Waals surface area contributed by atoms with Crippen LogP contribution in [-0.2, 0) is 9.47 Å². The van der Waals surface area contributed by atoms with Crippen LogP contribution in [-0.4, -0.2) is 33.3 Å². The Morgan fingerprint density at radius 3 is 2.45 bits per heavy atom. The fourth-order valence-electron chi connectivity index (χ4n) is 0.540. The van der Waals surface area contributed by atoms with Gasteiger partial charge in [-0.1, -0.05) is 6.58 Å². The number of rotatable bonds is 5. The molecule has 0 bridgehead atoms.